The minimum Gasteiger partial charge on any atom is -0.350 e. The van der Waals surface area contributed by atoms with Crippen molar-refractivity contribution >= 4 is 12.0 Å². The molecule has 16 heavy (non-hydrogen) atoms. The lowest BCUT2D eigenvalue weighted by Gasteiger charge is -2.03. The van der Waals surface area contributed by atoms with Crippen LogP contribution < -0.4 is 5.32 Å². The lowest BCUT2D eigenvalue weighted by Crippen LogP contribution is -2.28. The zero-order chi connectivity index (χ0) is 12.0. The topological polar surface area (TPSA) is 52.9 Å². The third-order valence-corrected chi connectivity index (χ3v) is 1.90. The molecule has 1 rings (SSSR count). The normalized spacial score (nSPS) is 10.4. The van der Waals surface area contributed by atoms with Crippen LogP contribution in [0.4, 0.5) is 0 Å². The maximum absolute atomic E-state index is 11.3. The smallest absolute Gasteiger partial charge is 0.244 e. The zero-order valence-electron chi connectivity index (χ0n) is 9.40. The number of carbonyl (C=O) groups is 1. The predicted molar refractivity (Wildman–Crippen MR) is 63.5 cm³/mol. The van der Waals surface area contributed by atoms with Crippen molar-refractivity contribution in [3.05, 3.63) is 41.5 Å². The second-order valence-corrected chi connectivity index (χ2v) is 3.73. The van der Waals surface area contributed by atoms with E-state index in [-0.39, 0.29) is 11.9 Å². The standard InChI is InChI=1S/C13H14N2O/c1-10(2)15-13(16)8-7-11-3-5-12(9-14)6-4-11/h3-8,10H,1-2H3,(H,15,16). The quantitative estimate of drug-likeness (QED) is 0.783. The Balaban J connectivity index is 2.63. The Morgan fingerprint density at radius 1 is 1.38 bits per heavy atom. The van der Waals surface area contributed by atoms with Gasteiger partial charge in [-0.25, -0.2) is 0 Å². The second-order valence-electron chi connectivity index (χ2n) is 3.73. The van der Waals surface area contributed by atoms with Crippen LogP contribution in [0.5, 0.6) is 0 Å². The Labute approximate surface area is 95.4 Å². The van der Waals surface area contributed by atoms with Crippen molar-refractivity contribution in [3.63, 3.8) is 0 Å². The predicted octanol–water partition coefficient (Wildman–Crippen LogP) is 2.10. The monoisotopic (exact) mass is 214 g/mol. The summed E-state index contributed by atoms with van der Waals surface area (Å²) in [4.78, 5) is 11.3. The SMILES string of the molecule is CC(C)NC(=O)C=Cc1ccc(C#N)cc1. The summed E-state index contributed by atoms with van der Waals surface area (Å²) in [6.45, 7) is 3.82. The Morgan fingerprint density at radius 2 is 2.00 bits per heavy atom. The van der Waals surface area contributed by atoms with Gasteiger partial charge in [-0.15, -0.1) is 0 Å². The van der Waals surface area contributed by atoms with Gasteiger partial charge in [0.05, 0.1) is 11.6 Å². The van der Waals surface area contributed by atoms with Crippen molar-refractivity contribution in [2.75, 3.05) is 0 Å². The number of benzene rings is 1. The highest BCUT2D eigenvalue weighted by Crippen LogP contribution is 2.04. The summed E-state index contributed by atoms with van der Waals surface area (Å²) in [7, 11) is 0. The highest BCUT2D eigenvalue weighted by Gasteiger charge is 1.97. The van der Waals surface area contributed by atoms with E-state index in [4.69, 9.17) is 5.26 Å². The maximum atomic E-state index is 11.3. The molecule has 0 heterocycles. The molecule has 0 spiro atoms. The molecule has 0 saturated carbocycles. The Bertz CT molecular complexity index is 424. The molecule has 1 amide bonds. The molecular weight excluding hydrogens is 200 g/mol. The lowest BCUT2D eigenvalue weighted by atomic mass is 10.1. The molecule has 82 valence electrons. The van der Waals surface area contributed by atoms with Crippen molar-refractivity contribution in [2.24, 2.45) is 0 Å². The van der Waals surface area contributed by atoms with Crippen molar-refractivity contribution < 1.29 is 4.79 Å². The molecule has 0 radical (unpaired) electrons. The second kappa shape index (κ2) is 5.72. The third-order valence-electron chi connectivity index (χ3n) is 1.90. The van der Waals surface area contributed by atoms with E-state index < -0.39 is 0 Å². The molecule has 0 unspecified atom stereocenters. The number of carbonyl (C=O) groups excluding carboxylic acids is 1. The van der Waals surface area contributed by atoms with E-state index in [1.54, 1.807) is 30.3 Å². The van der Waals surface area contributed by atoms with E-state index in [0.29, 0.717) is 5.56 Å². The molecule has 0 aliphatic heterocycles. The zero-order valence-corrected chi connectivity index (χ0v) is 9.40. The first-order valence-electron chi connectivity index (χ1n) is 5.10. The Morgan fingerprint density at radius 3 is 2.50 bits per heavy atom. The highest BCUT2D eigenvalue weighted by molar-refractivity contribution is 5.91. The lowest BCUT2D eigenvalue weighted by molar-refractivity contribution is -0.116. The van der Waals surface area contributed by atoms with E-state index in [1.165, 1.54) is 6.08 Å². The van der Waals surface area contributed by atoms with Crippen LogP contribution in [0.3, 0.4) is 0 Å². The number of hydrogen-bond acceptors (Lipinski definition) is 2. The van der Waals surface area contributed by atoms with E-state index in [2.05, 4.69) is 5.32 Å². The molecular formula is C13H14N2O. The van der Waals surface area contributed by atoms with Crippen LogP contribution in [-0.4, -0.2) is 11.9 Å². The fourth-order valence-electron chi connectivity index (χ4n) is 1.17. The summed E-state index contributed by atoms with van der Waals surface area (Å²) in [5.41, 5.74) is 1.52. The number of nitriles is 1. The van der Waals surface area contributed by atoms with Crippen LogP contribution in [0.2, 0.25) is 0 Å². The van der Waals surface area contributed by atoms with Crippen LogP contribution in [0, 0.1) is 11.3 Å². The molecule has 3 nitrogen and oxygen atoms in total. The van der Waals surface area contributed by atoms with E-state index >= 15 is 0 Å². The van der Waals surface area contributed by atoms with Gasteiger partial charge in [-0.1, -0.05) is 12.1 Å². The van der Waals surface area contributed by atoms with Gasteiger partial charge in [-0.3, -0.25) is 4.79 Å². The van der Waals surface area contributed by atoms with E-state index in [1.807, 2.05) is 19.9 Å². The van der Waals surface area contributed by atoms with Crippen molar-refractivity contribution in [1.82, 2.24) is 5.32 Å². The number of nitrogens with zero attached hydrogens (tertiary/aromatic N) is 1. The molecule has 0 bridgehead atoms. The van der Waals surface area contributed by atoms with Gasteiger partial charge >= 0.3 is 0 Å². The van der Waals surface area contributed by atoms with Crippen LogP contribution in [0.1, 0.15) is 25.0 Å². The van der Waals surface area contributed by atoms with Gasteiger partial charge in [0, 0.05) is 12.1 Å². The van der Waals surface area contributed by atoms with Crippen LogP contribution in [0.25, 0.3) is 6.08 Å². The van der Waals surface area contributed by atoms with E-state index in [0.717, 1.165) is 5.56 Å². The molecule has 0 fully saturated rings. The summed E-state index contributed by atoms with van der Waals surface area (Å²) < 4.78 is 0. The first kappa shape index (κ1) is 12.0. The number of hydrogen-bond donors (Lipinski definition) is 1. The van der Waals surface area contributed by atoms with Gasteiger partial charge in [0.2, 0.25) is 5.91 Å². The van der Waals surface area contributed by atoms with Crippen LogP contribution >= 0.6 is 0 Å². The first-order valence-corrected chi connectivity index (χ1v) is 5.10. The summed E-state index contributed by atoms with van der Waals surface area (Å²) in [5.74, 6) is -0.112. The molecule has 0 aliphatic carbocycles. The summed E-state index contributed by atoms with van der Waals surface area (Å²) in [5, 5.41) is 11.4. The van der Waals surface area contributed by atoms with Gasteiger partial charge in [-0.2, -0.15) is 5.26 Å². The van der Waals surface area contributed by atoms with Gasteiger partial charge in [0.1, 0.15) is 0 Å². The largest absolute Gasteiger partial charge is 0.350 e. The van der Waals surface area contributed by atoms with Crippen LogP contribution in [0.15, 0.2) is 30.3 Å². The molecule has 0 atom stereocenters. The first-order chi connectivity index (χ1) is 7.61. The van der Waals surface area contributed by atoms with Crippen molar-refractivity contribution in [3.8, 4) is 6.07 Å². The number of amides is 1. The summed E-state index contributed by atoms with van der Waals surface area (Å²) in [6, 6.07) is 9.23. The molecule has 0 aromatic heterocycles. The minimum atomic E-state index is -0.112. The van der Waals surface area contributed by atoms with Gasteiger partial charge in [0.15, 0.2) is 0 Å². The Kier molecular flexibility index (Phi) is 4.28. The fraction of sp³-hybridized carbons (Fsp3) is 0.231. The van der Waals surface area contributed by atoms with Gasteiger partial charge in [-0.05, 0) is 37.6 Å². The molecule has 0 aliphatic rings. The number of rotatable bonds is 3. The van der Waals surface area contributed by atoms with E-state index in [9.17, 15) is 4.79 Å². The van der Waals surface area contributed by atoms with Gasteiger partial charge < -0.3 is 5.32 Å². The summed E-state index contributed by atoms with van der Waals surface area (Å²) in [6.07, 6.45) is 3.21. The van der Waals surface area contributed by atoms with Crippen LogP contribution in [-0.2, 0) is 4.79 Å². The molecule has 3 heteroatoms. The number of nitrogens with one attached hydrogen (secondary N) is 1. The fourth-order valence-corrected chi connectivity index (χ4v) is 1.17. The average Bonchev–Trinajstić information content (AvgIpc) is 2.26. The third kappa shape index (κ3) is 3.97. The maximum Gasteiger partial charge on any atom is 0.244 e. The molecule has 0 saturated heterocycles. The minimum absolute atomic E-state index is 0.112. The van der Waals surface area contributed by atoms with Gasteiger partial charge in [0.25, 0.3) is 0 Å². The van der Waals surface area contributed by atoms with Crippen molar-refractivity contribution in [1.29, 1.82) is 5.26 Å². The average molecular weight is 214 g/mol. The van der Waals surface area contributed by atoms with Crippen molar-refractivity contribution in [2.45, 2.75) is 19.9 Å². The molecule has 1 aromatic rings. The molecule has 1 aromatic carbocycles. The summed E-state index contributed by atoms with van der Waals surface area (Å²) >= 11 is 0. The highest BCUT2D eigenvalue weighted by atomic mass is 16.1. The Hall–Kier alpha value is -2.08. The molecule has 1 N–H and O–H groups in total.